The van der Waals surface area contributed by atoms with E-state index in [9.17, 15) is 14.4 Å². The molecule has 6 heteroatoms. The molecule has 32 heavy (non-hydrogen) atoms. The number of rotatable bonds is 4. The summed E-state index contributed by atoms with van der Waals surface area (Å²) in [6, 6.07) is 25.9. The van der Waals surface area contributed by atoms with Crippen molar-refractivity contribution >= 4 is 29.1 Å². The molecule has 5 rings (SSSR count). The lowest BCUT2D eigenvalue weighted by atomic mass is 9.94. The van der Waals surface area contributed by atoms with E-state index < -0.39 is 5.66 Å². The van der Waals surface area contributed by atoms with Crippen LogP contribution in [0.3, 0.4) is 0 Å². The molecule has 2 aliphatic rings. The highest BCUT2D eigenvalue weighted by Crippen LogP contribution is 2.46. The maximum Gasteiger partial charge on any atom is 0.274 e. The summed E-state index contributed by atoms with van der Waals surface area (Å²) in [5, 5.41) is 0. The summed E-state index contributed by atoms with van der Waals surface area (Å²) in [6.07, 6.45) is 0.440. The summed E-state index contributed by atoms with van der Waals surface area (Å²) in [5.41, 5.74) is 1.12. The zero-order chi connectivity index (χ0) is 22.3. The van der Waals surface area contributed by atoms with Crippen molar-refractivity contribution in [2.45, 2.75) is 25.0 Å². The first-order chi connectivity index (χ1) is 15.5. The van der Waals surface area contributed by atoms with Crippen LogP contribution >= 0.6 is 0 Å². The number of anilines is 2. The van der Waals surface area contributed by atoms with Crippen molar-refractivity contribution in [3.8, 4) is 0 Å². The van der Waals surface area contributed by atoms with Crippen LogP contribution in [0.25, 0.3) is 0 Å². The highest BCUT2D eigenvalue weighted by molar-refractivity contribution is 6.18. The van der Waals surface area contributed by atoms with Gasteiger partial charge in [0.1, 0.15) is 0 Å². The Hall–Kier alpha value is -3.93. The average Bonchev–Trinajstić information content (AvgIpc) is 3.20. The van der Waals surface area contributed by atoms with Gasteiger partial charge in [0, 0.05) is 32.1 Å². The number of hydrogen-bond donors (Lipinski definition) is 0. The molecule has 0 N–H and O–H groups in total. The van der Waals surface area contributed by atoms with Crippen molar-refractivity contribution in [1.82, 2.24) is 4.90 Å². The maximum atomic E-state index is 14.1. The predicted molar refractivity (Wildman–Crippen MR) is 122 cm³/mol. The van der Waals surface area contributed by atoms with Crippen LogP contribution in [-0.4, -0.2) is 35.3 Å². The molecule has 1 saturated heterocycles. The fourth-order valence-electron chi connectivity index (χ4n) is 4.79. The van der Waals surface area contributed by atoms with Gasteiger partial charge in [-0.05, 0) is 29.8 Å². The smallest absolute Gasteiger partial charge is 0.274 e. The van der Waals surface area contributed by atoms with Gasteiger partial charge in [0.15, 0.2) is 0 Å². The highest BCUT2D eigenvalue weighted by atomic mass is 16.2. The molecule has 0 saturated carbocycles. The third-order valence-electron chi connectivity index (χ3n) is 6.35. The maximum absolute atomic E-state index is 14.1. The van der Waals surface area contributed by atoms with Gasteiger partial charge >= 0.3 is 0 Å². The van der Waals surface area contributed by atoms with E-state index >= 15 is 0 Å². The van der Waals surface area contributed by atoms with Gasteiger partial charge in [0.05, 0.1) is 11.3 Å². The van der Waals surface area contributed by atoms with Gasteiger partial charge in [-0.25, -0.2) is 0 Å². The minimum Gasteiger partial charge on any atom is -0.312 e. The zero-order valence-electron chi connectivity index (χ0n) is 17.8. The van der Waals surface area contributed by atoms with Gasteiger partial charge in [-0.2, -0.15) is 0 Å². The molecule has 3 amide bonds. The Balaban J connectivity index is 1.69. The lowest BCUT2D eigenvalue weighted by molar-refractivity contribution is -0.131. The van der Waals surface area contributed by atoms with Crippen LogP contribution in [0.1, 0.15) is 28.8 Å². The van der Waals surface area contributed by atoms with Crippen LogP contribution in [0.4, 0.5) is 11.4 Å². The lowest BCUT2D eigenvalue weighted by Gasteiger charge is -2.50. The third-order valence-corrected chi connectivity index (χ3v) is 6.35. The van der Waals surface area contributed by atoms with Crippen LogP contribution < -0.4 is 9.80 Å². The SMILES string of the molecule is CN(C(=O)C12CCC(=O)N1c1ccccc1C(=O)N2Cc1ccccc1)c1ccccc1. The summed E-state index contributed by atoms with van der Waals surface area (Å²) in [6.45, 7) is 0.228. The first kappa shape index (κ1) is 20.0. The highest BCUT2D eigenvalue weighted by Gasteiger charge is 2.61. The molecule has 1 atom stereocenters. The van der Waals surface area contributed by atoms with Crippen molar-refractivity contribution in [3.05, 3.63) is 96.1 Å². The van der Waals surface area contributed by atoms with Crippen molar-refractivity contribution in [2.75, 3.05) is 16.8 Å². The summed E-state index contributed by atoms with van der Waals surface area (Å²) in [7, 11) is 1.69. The number of para-hydroxylation sites is 2. The molecular formula is C26H23N3O3. The molecule has 3 aromatic rings. The Kier molecular flexibility index (Phi) is 4.78. The van der Waals surface area contributed by atoms with E-state index in [1.807, 2.05) is 60.7 Å². The van der Waals surface area contributed by atoms with Crippen LogP contribution in [0.2, 0.25) is 0 Å². The Morgan fingerprint density at radius 2 is 1.53 bits per heavy atom. The number of carbonyl (C=O) groups excluding carboxylic acids is 3. The quantitative estimate of drug-likeness (QED) is 0.638. The minimum atomic E-state index is -1.41. The number of likely N-dealkylation sites (N-methyl/N-ethyl adjacent to an activating group) is 1. The van der Waals surface area contributed by atoms with Crippen molar-refractivity contribution in [1.29, 1.82) is 0 Å². The third kappa shape index (κ3) is 2.91. The Labute approximate surface area is 186 Å². The summed E-state index contributed by atoms with van der Waals surface area (Å²) < 4.78 is 0. The first-order valence-electron chi connectivity index (χ1n) is 10.7. The topological polar surface area (TPSA) is 60.9 Å². The first-order valence-corrected chi connectivity index (χ1v) is 10.7. The van der Waals surface area contributed by atoms with E-state index in [0.29, 0.717) is 16.9 Å². The standard InChI is InChI=1S/C26H23N3O3/c1-27(20-12-6-3-7-13-20)25(32)26-17-16-23(30)29(26)22-15-9-8-14-21(22)24(31)28(26)18-19-10-4-2-5-11-19/h2-15H,16-18H2,1H3. The average molecular weight is 425 g/mol. The summed E-state index contributed by atoms with van der Waals surface area (Å²) >= 11 is 0. The van der Waals surface area contributed by atoms with Crippen molar-refractivity contribution in [3.63, 3.8) is 0 Å². The monoisotopic (exact) mass is 425 g/mol. The summed E-state index contributed by atoms with van der Waals surface area (Å²) in [5.74, 6) is -0.698. The molecule has 1 fully saturated rings. The Morgan fingerprint density at radius 1 is 0.906 bits per heavy atom. The van der Waals surface area contributed by atoms with Crippen LogP contribution in [0, 0.1) is 0 Å². The number of nitrogens with zero attached hydrogens (tertiary/aromatic N) is 3. The number of amides is 3. The van der Waals surface area contributed by atoms with E-state index in [0.717, 1.165) is 5.56 Å². The Morgan fingerprint density at radius 3 is 2.25 bits per heavy atom. The van der Waals surface area contributed by atoms with Crippen LogP contribution in [-0.2, 0) is 16.1 Å². The van der Waals surface area contributed by atoms with E-state index in [-0.39, 0.29) is 37.1 Å². The fraction of sp³-hybridized carbons (Fsp3) is 0.192. The second-order valence-electron chi connectivity index (χ2n) is 8.14. The van der Waals surface area contributed by atoms with Gasteiger partial charge in [-0.15, -0.1) is 0 Å². The molecule has 0 spiro atoms. The molecule has 160 valence electrons. The number of carbonyl (C=O) groups is 3. The molecule has 1 unspecified atom stereocenters. The van der Waals surface area contributed by atoms with E-state index in [1.165, 1.54) is 0 Å². The molecule has 2 heterocycles. The summed E-state index contributed by atoms with van der Waals surface area (Å²) in [4.78, 5) is 45.7. The van der Waals surface area contributed by atoms with Gasteiger partial charge in [0.25, 0.3) is 11.8 Å². The van der Waals surface area contributed by atoms with Gasteiger partial charge in [0.2, 0.25) is 11.6 Å². The van der Waals surface area contributed by atoms with E-state index in [1.54, 1.807) is 46.0 Å². The molecule has 2 aliphatic heterocycles. The van der Waals surface area contributed by atoms with Gasteiger partial charge < -0.3 is 9.80 Å². The molecule has 6 nitrogen and oxygen atoms in total. The molecule has 0 aromatic heterocycles. The van der Waals surface area contributed by atoms with Crippen LogP contribution in [0.5, 0.6) is 0 Å². The normalized spacial score (nSPS) is 19.5. The Bertz CT molecular complexity index is 1200. The zero-order valence-corrected chi connectivity index (χ0v) is 17.8. The second-order valence-corrected chi connectivity index (χ2v) is 8.14. The largest absolute Gasteiger partial charge is 0.312 e. The van der Waals surface area contributed by atoms with E-state index in [2.05, 4.69) is 0 Å². The van der Waals surface area contributed by atoms with E-state index in [4.69, 9.17) is 0 Å². The molecular weight excluding hydrogens is 402 g/mol. The van der Waals surface area contributed by atoms with Crippen molar-refractivity contribution < 1.29 is 14.4 Å². The van der Waals surface area contributed by atoms with Crippen LogP contribution in [0.15, 0.2) is 84.9 Å². The predicted octanol–water partition coefficient (Wildman–Crippen LogP) is 3.83. The van der Waals surface area contributed by atoms with Gasteiger partial charge in [-0.3, -0.25) is 19.3 Å². The number of fused-ring (bicyclic) bond motifs is 3. The number of benzene rings is 3. The lowest BCUT2D eigenvalue weighted by Crippen LogP contribution is -2.70. The second kappa shape index (κ2) is 7.64. The van der Waals surface area contributed by atoms with Crippen molar-refractivity contribution in [2.24, 2.45) is 0 Å². The molecule has 0 bridgehead atoms. The molecule has 0 radical (unpaired) electrons. The van der Waals surface area contributed by atoms with Gasteiger partial charge in [-0.1, -0.05) is 60.7 Å². The fourth-order valence-corrected chi connectivity index (χ4v) is 4.79. The molecule has 0 aliphatic carbocycles. The number of hydrogen-bond acceptors (Lipinski definition) is 3. The minimum absolute atomic E-state index is 0.155. The molecule has 3 aromatic carbocycles.